The number of ketones is 1. The number of methoxy groups -OCH3 is 1. The van der Waals surface area contributed by atoms with Gasteiger partial charge in [-0.2, -0.15) is 0 Å². The summed E-state index contributed by atoms with van der Waals surface area (Å²) in [6, 6.07) is 12.5. The highest BCUT2D eigenvalue weighted by Crippen LogP contribution is 2.31. The number of carbonyl (C=O) groups excluding carboxylic acids is 1. The summed E-state index contributed by atoms with van der Waals surface area (Å²) in [6.45, 7) is 0.364. The maximum absolute atomic E-state index is 12.5. The molecule has 108 valence electrons. The van der Waals surface area contributed by atoms with Gasteiger partial charge in [0.15, 0.2) is 17.3 Å². The van der Waals surface area contributed by atoms with Gasteiger partial charge in [0.05, 0.1) is 25.2 Å². The minimum Gasteiger partial charge on any atom is -0.504 e. The van der Waals surface area contributed by atoms with E-state index in [1.165, 1.54) is 7.11 Å². The second-order valence-electron chi connectivity index (χ2n) is 5.08. The Labute approximate surface area is 122 Å². The summed E-state index contributed by atoms with van der Waals surface area (Å²) in [5, 5.41) is 9.80. The van der Waals surface area contributed by atoms with E-state index in [1.54, 1.807) is 18.2 Å². The van der Waals surface area contributed by atoms with Crippen LogP contribution >= 0.6 is 0 Å². The van der Waals surface area contributed by atoms with Crippen molar-refractivity contribution in [3.8, 4) is 17.2 Å². The van der Waals surface area contributed by atoms with Crippen molar-refractivity contribution in [2.75, 3.05) is 13.7 Å². The molecule has 1 N–H and O–H groups in total. The van der Waals surface area contributed by atoms with Crippen LogP contribution in [0.25, 0.3) is 0 Å². The van der Waals surface area contributed by atoms with Crippen molar-refractivity contribution in [1.29, 1.82) is 0 Å². The third kappa shape index (κ3) is 2.57. The van der Waals surface area contributed by atoms with Crippen LogP contribution in [0, 0.1) is 5.92 Å². The Morgan fingerprint density at radius 2 is 2.10 bits per heavy atom. The van der Waals surface area contributed by atoms with Gasteiger partial charge in [-0.05, 0) is 36.2 Å². The lowest BCUT2D eigenvalue weighted by molar-refractivity contribution is 0.0830. The quantitative estimate of drug-likeness (QED) is 0.941. The molecule has 4 nitrogen and oxygen atoms in total. The molecule has 0 saturated heterocycles. The second kappa shape index (κ2) is 5.48. The molecule has 2 aromatic rings. The zero-order valence-electron chi connectivity index (χ0n) is 11.7. The summed E-state index contributed by atoms with van der Waals surface area (Å²) in [5.74, 6) is 1.02. The number of benzene rings is 2. The van der Waals surface area contributed by atoms with Crippen LogP contribution in [0.3, 0.4) is 0 Å². The molecule has 21 heavy (non-hydrogen) atoms. The standard InChI is InChI=1S/C17H16O4/c1-20-16-7-6-11(9-14(16)18)8-12-10-21-15-5-3-2-4-13(15)17(12)19/h2-7,9,12,18H,8,10H2,1H3. The molecule has 1 aliphatic rings. The molecule has 1 unspecified atom stereocenters. The summed E-state index contributed by atoms with van der Waals surface area (Å²) < 4.78 is 10.7. The molecule has 0 fully saturated rings. The number of hydrogen-bond donors (Lipinski definition) is 1. The summed E-state index contributed by atoms with van der Waals surface area (Å²) in [4.78, 5) is 12.5. The van der Waals surface area contributed by atoms with Crippen molar-refractivity contribution in [2.24, 2.45) is 5.92 Å². The lowest BCUT2D eigenvalue weighted by atomic mass is 9.89. The zero-order valence-corrected chi connectivity index (χ0v) is 11.7. The normalized spacial score (nSPS) is 17.0. The van der Waals surface area contributed by atoms with Crippen molar-refractivity contribution in [2.45, 2.75) is 6.42 Å². The van der Waals surface area contributed by atoms with Crippen LogP contribution in [0.4, 0.5) is 0 Å². The van der Waals surface area contributed by atoms with Crippen molar-refractivity contribution in [3.05, 3.63) is 53.6 Å². The second-order valence-corrected chi connectivity index (χ2v) is 5.08. The topological polar surface area (TPSA) is 55.8 Å². The SMILES string of the molecule is COc1ccc(CC2COc3ccccc3C2=O)cc1O. The fourth-order valence-corrected chi connectivity index (χ4v) is 2.58. The highest BCUT2D eigenvalue weighted by Gasteiger charge is 2.28. The monoisotopic (exact) mass is 284 g/mol. The maximum atomic E-state index is 12.5. The van der Waals surface area contributed by atoms with Gasteiger partial charge in [0, 0.05) is 0 Å². The molecule has 0 spiro atoms. The number of carbonyl (C=O) groups is 1. The van der Waals surface area contributed by atoms with Crippen LogP contribution in [0.2, 0.25) is 0 Å². The van der Waals surface area contributed by atoms with Crippen LogP contribution < -0.4 is 9.47 Å². The number of aromatic hydroxyl groups is 1. The molecule has 0 aliphatic carbocycles. The number of fused-ring (bicyclic) bond motifs is 1. The van der Waals surface area contributed by atoms with Gasteiger partial charge >= 0.3 is 0 Å². The lowest BCUT2D eigenvalue weighted by Crippen LogP contribution is -2.29. The van der Waals surface area contributed by atoms with Gasteiger partial charge in [0.1, 0.15) is 5.75 Å². The van der Waals surface area contributed by atoms with Crippen LogP contribution in [-0.2, 0) is 6.42 Å². The zero-order chi connectivity index (χ0) is 14.8. The van der Waals surface area contributed by atoms with E-state index in [2.05, 4.69) is 0 Å². The molecular formula is C17H16O4. The predicted molar refractivity (Wildman–Crippen MR) is 78.1 cm³/mol. The Balaban J connectivity index is 1.80. The van der Waals surface area contributed by atoms with Crippen molar-refractivity contribution in [3.63, 3.8) is 0 Å². The number of ether oxygens (including phenoxy) is 2. The van der Waals surface area contributed by atoms with Gasteiger partial charge in [0.2, 0.25) is 0 Å². The average Bonchev–Trinajstić information content (AvgIpc) is 2.51. The molecular weight excluding hydrogens is 268 g/mol. The van der Waals surface area contributed by atoms with Crippen LogP contribution in [0.1, 0.15) is 15.9 Å². The molecule has 0 amide bonds. The van der Waals surface area contributed by atoms with E-state index in [0.29, 0.717) is 30.1 Å². The van der Waals surface area contributed by atoms with Gasteiger partial charge in [-0.15, -0.1) is 0 Å². The van der Waals surface area contributed by atoms with Crippen molar-refractivity contribution in [1.82, 2.24) is 0 Å². The van der Waals surface area contributed by atoms with Crippen molar-refractivity contribution >= 4 is 5.78 Å². The fraction of sp³-hybridized carbons (Fsp3) is 0.235. The third-order valence-corrected chi connectivity index (χ3v) is 3.69. The number of rotatable bonds is 3. The Kier molecular flexibility index (Phi) is 3.52. The Hall–Kier alpha value is -2.49. The lowest BCUT2D eigenvalue weighted by Gasteiger charge is -2.24. The fourth-order valence-electron chi connectivity index (χ4n) is 2.58. The van der Waals surface area contributed by atoms with Gasteiger partial charge in [-0.1, -0.05) is 18.2 Å². The first kappa shape index (κ1) is 13.5. The van der Waals surface area contributed by atoms with E-state index in [0.717, 1.165) is 5.56 Å². The number of phenols is 1. The molecule has 0 bridgehead atoms. The molecule has 2 aromatic carbocycles. The molecule has 4 heteroatoms. The van der Waals surface area contributed by atoms with Crippen molar-refractivity contribution < 1.29 is 19.4 Å². The predicted octanol–water partition coefficient (Wildman–Crippen LogP) is 2.83. The minimum atomic E-state index is -0.229. The number of Topliss-reactive ketones (excluding diaryl/α,β-unsaturated/α-hetero) is 1. The molecule has 1 heterocycles. The van der Waals surface area contributed by atoms with E-state index < -0.39 is 0 Å². The molecule has 0 radical (unpaired) electrons. The van der Waals surface area contributed by atoms with E-state index in [9.17, 15) is 9.90 Å². The maximum Gasteiger partial charge on any atom is 0.173 e. The molecule has 3 rings (SSSR count). The van der Waals surface area contributed by atoms with E-state index in [-0.39, 0.29) is 17.5 Å². The largest absolute Gasteiger partial charge is 0.504 e. The average molecular weight is 284 g/mol. The summed E-state index contributed by atoms with van der Waals surface area (Å²) >= 11 is 0. The van der Waals surface area contributed by atoms with Crippen LogP contribution in [0.5, 0.6) is 17.2 Å². The first-order chi connectivity index (χ1) is 10.2. The Bertz CT molecular complexity index is 678. The van der Waals surface area contributed by atoms with Gasteiger partial charge in [-0.25, -0.2) is 0 Å². The Morgan fingerprint density at radius 3 is 2.86 bits per heavy atom. The first-order valence-electron chi connectivity index (χ1n) is 6.81. The Morgan fingerprint density at radius 1 is 1.29 bits per heavy atom. The van der Waals surface area contributed by atoms with Gasteiger partial charge in [0.25, 0.3) is 0 Å². The summed E-state index contributed by atoms with van der Waals surface area (Å²) in [5.41, 5.74) is 1.51. The van der Waals surface area contributed by atoms with Gasteiger partial charge < -0.3 is 14.6 Å². The highest BCUT2D eigenvalue weighted by atomic mass is 16.5. The summed E-state index contributed by atoms with van der Waals surface area (Å²) in [7, 11) is 1.50. The smallest absolute Gasteiger partial charge is 0.173 e. The number of para-hydroxylation sites is 1. The molecule has 1 aliphatic heterocycles. The number of hydrogen-bond acceptors (Lipinski definition) is 4. The highest BCUT2D eigenvalue weighted by molar-refractivity contribution is 6.01. The van der Waals surface area contributed by atoms with E-state index >= 15 is 0 Å². The van der Waals surface area contributed by atoms with Gasteiger partial charge in [-0.3, -0.25) is 4.79 Å². The summed E-state index contributed by atoms with van der Waals surface area (Å²) in [6.07, 6.45) is 0.532. The van der Waals surface area contributed by atoms with Crippen LogP contribution in [-0.4, -0.2) is 24.6 Å². The molecule has 1 atom stereocenters. The van der Waals surface area contributed by atoms with E-state index in [4.69, 9.17) is 9.47 Å². The van der Waals surface area contributed by atoms with E-state index in [1.807, 2.05) is 24.3 Å². The molecule has 0 saturated carbocycles. The van der Waals surface area contributed by atoms with Crippen LogP contribution in [0.15, 0.2) is 42.5 Å². The minimum absolute atomic E-state index is 0.0829. The first-order valence-corrected chi connectivity index (χ1v) is 6.81. The molecule has 0 aromatic heterocycles. The third-order valence-electron chi connectivity index (χ3n) is 3.69. The number of phenolic OH excluding ortho intramolecular Hbond substituents is 1.